The molecule has 0 unspecified atom stereocenters. The van der Waals surface area contributed by atoms with Gasteiger partial charge in [-0.25, -0.2) is 0 Å². The second-order valence-electron chi connectivity index (χ2n) is 7.88. The number of nitrogens with zero attached hydrogens (tertiary/aromatic N) is 1. The Morgan fingerprint density at radius 3 is 2.22 bits per heavy atom. The Bertz CT molecular complexity index is 1110. The van der Waals surface area contributed by atoms with Gasteiger partial charge in [0.15, 0.2) is 11.5 Å². The number of rotatable bonds is 10. The van der Waals surface area contributed by atoms with E-state index in [4.69, 9.17) is 9.47 Å². The lowest BCUT2D eigenvalue weighted by molar-refractivity contribution is -0.141. The highest BCUT2D eigenvalue weighted by molar-refractivity contribution is 5.85. The number of amides is 1. The number of aromatic nitrogens is 1. The van der Waals surface area contributed by atoms with Crippen molar-refractivity contribution in [2.24, 2.45) is 0 Å². The molecular formula is C26H29ClF3N3O3. The number of alkyl halides is 3. The molecule has 1 heterocycles. The van der Waals surface area contributed by atoms with Crippen LogP contribution in [0.3, 0.4) is 0 Å². The van der Waals surface area contributed by atoms with Gasteiger partial charge in [-0.3, -0.25) is 15.1 Å². The second kappa shape index (κ2) is 13.1. The maximum absolute atomic E-state index is 12.9. The van der Waals surface area contributed by atoms with Crippen molar-refractivity contribution in [1.29, 1.82) is 0 Å². The molecular weight excluding hydrogens is 495 g/mol. The fraction of sp³-hybridized carbons (Fsp3) is 0.308. The highest BCUT2D eigenvalue weighted by Gasteiger charge is 2.32. The summed E-state index contributed by atoms with van der Waals surface area (Å²) in [6, 6.07) is 16.2. The van der Waals surface area contributed by atoms with Crippen molar-refractivity contribution in [1.82, 2.24) is 15.6 Å². The molecule has 10 heteroatoms. The average Bonchev–Trinajstić information content (AvgIpc) is 2.88. The van der Waals surface area contributed by atoms with Gasteiger partial charge in [-0.2, -0.15) is 13.2 Å². The fourth-order valence-corrected chi connectivity index (χ4v) is 3.78. The number of hydrogen-bond acceptors (Lipinski definition) is 5. The van der Waals surface area contributed by atoms with Crippen LogP contribution < -0.4 is 20.1 Å². The number of nitrogens with one attached hydrogen (secondary N) is 2. The lowest BCUT2D eigenvalue weighted by atomic mass is 9.96. The van der Waals surface area contributed by atoms with E-state index in [1.807, 2.05) is 42.5 Å². The first-order valence-electron chi connectivity index (χ1n) is 11.0. The number of aryl methyl sites for hydroxylation is 1. The van der Waals surface area contributed by atoms with E-state index in [1.165, 1.54) is 19.4 Å². The minimum Gasteiger partial charge on any atom is -0.493 e. The number of halogens is 4. The summed E-state index contributed by atoms with van der Waals surface area (Å²) in [5.74, 6) is 0.884. The van der Waals surface area contributed by atoms with Crippen molar-refractivity contribution in [3.8, 4) is 11.5 Å². The summed E-state index contributed by atoms with van der Waals surface area (Å²) in [5.41, 5.74) is 1.35. The predicted octanol–water partition coefficient (Wildman–Crippen LogP) is 5.29. The van der Waals surface area contributed by atoms with Crippen LogP contribution in [0.2, 0.25) is 0 Å². The summed E-state index contributed by atoms with van der Waals surface area (Å²) in [6.07, 6.45) is -2.32. The van der Waals surface area contributed by atoms with Gasteiger partial charge in [-0.05, 0) is 47.7 Å². The number of hydrogen-bond donors (Lipinski definition) is 2. The van der Waals surface area contributed by atoms with Gasteiger partial charge in [0.05, 0.1) is 14.2 Å². The number of benzene rings is 2. The molecule has 0 aliphatic carbocycles. The number of carbonyl (C=O) groups excluding carboxylic acids is 1. The van der Waals surface area contributed by atoms with E-state index in [0.29, 0.717) is 29.9 Å². The Morgan fingerprint density at radius 1 is 0.972 bits per heavy atom. The molecule has 3 rings (SSSR count). The van der Waals surface area contributed by atoms with Crippen molar-refractivity contribution in [2.75, 3.05) is 21.3 Å². The van der Waals surface area contributed by atoms with Gasteiger partial charge >= 0.3 is 6.18 Å². The fourth-order valence-electron chi connectivity index (χ4n) is 3.78. The molecule has 0 aliphatic rings. The van der Waals surface area contributed by atoms with Crippen LogP contribution in [0.15, 0.2) is 66.9 Å². The molecule has 0 saturated carbocycles. The molecule has 2 aromatic carbocycles. The summed E-state index contributed by atoms with van der Waals surface area (Å²) in [5, 5.41) is 6.12. The van der Waals surface area contributed by atoms with Crippen molar-refractivity contribution in [2.45, 2.75) is 31.1 Å². The van der Waals surface area contributed by atoms with Gasteiger partial charge in [-0.1, -0.05) is 42.5 Å². The standard InChI is InChI=1S/C26H28F3N3O3.ClH/c1-30-25(33)24(18-7-5-4-6-8-18)32-20(19-11-13-21(34-2)22(15-19)35-3)12-9-17-10-14-23(31-16-17)26(27,28)29;/h4-8,10-11,13-16,20,24,32H,9,12H2,1-3H3,(H,30,33);1H/t20-,24+;/m0./s1. The van der Waals surface area contributed by atoms with Crippen LogP contribution in [0.1, 0.15) is 40.9 Å². The summed E-state index contributed by atoms with van der Waals surface area (Å²) in [6.45, 7) is 0. The van der Waals surface area contributed by atoms with Crippen LogP contribution >= 0.6 is 12.4 Å². The van der Waals surface area contributed by atoms with E-state index in [1.54, 1.807) is 20.2 Å². The number of methoxy groups -OCH3 is 2. The van der Waals surface area contributed by atoms with Crippen molar-refractivity contribution < 1.29 is 27.4 Å². The molecule has 2 atom stereocenters. The van der Waals surface area contributed by atoms with Crippen LogP contribution in [-0.4, -0.2) is 32.2 Å². The molecule has 3 aromatic rings. The van der Waals surface area contributed by atoms with Gasteiger partial charge in [0.1, 0.15) is 11.7 Å². The Balaban J connectivity index is 0.00000456. The Morgan fingerprint density at radius 2 is 1.67 bits per heavy atom. The van der Waals surface area contributed by atoms with Crippen LogP contribution in [0.5, 0.6) is 11.5 Å². The van der Waals surface area contributed by atoms with Crippen molar-refractivity contribution >= 4 is 18.3 Å². The molecule has 2 N–H and O–H groups in total. The summed E-state index contributed by atoms with van der Waals surface area (Å²) >= 11 is 0. The normalized spacial score (nSPS) is 12.7. The van der Waals surface area contributed by atoms with E-state index in [0.717, 1.165) is 17.2 Å². The highest BCUT2D eigenvalue weighted by atomic mass is 35.5. The number of carbonyl (C=O) groups is 1. The first kappa shape index (κ1) is 28.9. The van der Waals surface area contributed by atoms with Crippen LogP contribution in [-0.2, 0) is 17.4 Å². The van der Waals surface area contributed by atoms with Gasteiger partial charge < -0.3 is 14.8 Å². The monoisotopic (exact) mass is 523 g/mol. The zero-order chi connectivity index (χ0) is 25.4. The second-order valence-corrected chi connectivity index (χ2v) is 7.88. The minimum absolute atomic E-state index is 0. The maximum atomic E-state index is 12.9. The summed E-state index contributed by atoms with van der Waals surface area (Å²) in [7, 11) is 4.65. The van der Waals surface area contributed by atoms with E-state index in [9.17, 15) is 18.0 Å². The molecule has 1 amide bonds. The third kappa shape index (κ3) is 7.35. The van der Waals surface area contributed by atoms with Gasteiger partial charge in [0.2, 0.25) is 5.91 Å². The lowest BCUT2D eigenvalue weighted by Gasteiger charge is -2.26. The molecule has 0 spiro atoms. The van der Waals surface area contributed by atoms with E-state index in [2.05, 4.69) is 15.6 Å². The van der Waals surface area contributed by atoms with Crippen LogP contribution in [0.25, 0.3) is 0 Å². The first-order valence-corrected chi connectivity index (χ1v) is 11.0. The average molecular weight is 524 g/mol. The third-order valence-corrected chi connectivity index (χ3v) is 5.66. The van der Waals surface area contributed by atoms with E-state index >= 15 is 0 Å². The number of pyridine rings is 1. The molecule has 0 aliphatic heterocycles. The van der Waals surface area contributed by atoms with Crippen LogP contribution in [0, 0.1) is 0 Å². The van der Waals surface area contributed by atoms with Crippen LogP contribution in [0.4, 0.5) is 13.2 Å². The lowest BCUT2D eigenvalue weighted by Crippen LogP contribution is -2.38. The minimum atomic E-state index is -4.49. The SMILES string of the molecule is CNC(=O)[C@H](N[C@@H](CCc1ccc(C(F)(F)F)nc1)c1ccc(OC)c(OC)c1)c1ccccc1.Cl. The Kier molecular flexibility index (Phi) is 10.6. The molecule has 36 heavy (non-hydrogen) atoms. The summed E-state index contributed by atoms with van der Waals surface area (Å²) in [4.78, 5) is 16.3. The topological polar surface area (TPSA) is 72.5 Å². The molecule has 0 fully saturated rings. The zero-order valence-corrected chi connectivity index (χ0v) is 21.0. The molecule has 0 radical (unpaired) electrons. The van der Waals surface area contributed by atoms with Gasteiger partial charge in [0, 0.05) is 19.3 Å². The number of likely N-dealkylation sites (N-methyl/N-ethyl adjacent to an activating group) is 1. The number of ether oxygens (including phenoxy) is 2. The Labute approximate surface area is 214 Å². The predicted molar refractivity (Wildman–Crippen MR) is 133 cm³/mol. The molecule has 0 saturated heterocycles. The maximum Gasteiger partial charge on any atom is 0.433 e. The van der Waals surface area contributed by atoms with E-state index in [-0.39, 0.29) is 24.4 Å². The highest BCUT2D eigenvalue weighted by Crippen LogP contribution is 2.33. The summed E-state index contributed by atoms with van der Waals surface area (Å²) < 4.78 is 49.4. The molecule has 1 aromatic heterocycles. The zero-order valence-electron chi connectivity index (χ0n) is 20.1. The smallest absolute Gasteiger partial charge is 0.433 e. The quantitative estimate of drug-likeness (QED) is 0.378. The first-order chi connectivity index (χ1) is 16.8. The molecule has 194 valence electrons. The largest absolute Gasteiger partial charge is 0.493 e. The Hall–Kier alpha value is -3.30. The van der Waals surface area contributed by atoms with E-state index < -0.39 is 17.9 Å². The van der Waals surface area contributed by atoms with Gasteiger partial charge in [-0.15, -0.1) is 12.4 Å². The van der Waals surface area contributed by atoms with Gasteiger partial charge in [0.25, 0.3) is 0 Å². The van der Waals surface area contributed by atoms with Crippen molar-refractivity contribution in [3.63, 3.8) is 0 Å². The third-order valence-electron chi connectivity index (χ3n) is 5.66. The molecule has 6 nitrogen and oxygen atoms in total. The molecule has 0 bridgehead atoms. The van der Waals surface area contributed by atoms with Crippen molar-refractivity contribution in [3.05, 3.63) is 89.2 Å².